The Morgan fingerprint density at radius 2 is 2.00 bits per heavy atom. The molecule has 2 aromatic rings. The van der Waals surface area contributed by atoms with Gasteiger partial charge in [0.15, 0.2) is 6.10 Å². The second kappa shape index (κ2) is 11.9. The topological polar surface area (TPSA) is 151 Å². The van der Waals surface area contributed by atoms with Crippen molar-refractivity contribution in [2.24, 2.45) is 5.92 Å². The van der Waals surface area contributed by atoms with Gasteiger partial charge in [0.1, 0.15) is 11.9 Å². The molecule has 2 N–H and O–H groups in total. The fourth-order valence-corrected chi connectivity index (χ4v) is 5.24. The maximum Gasteiger partial charge on any atom is 0.380 e. The first-order valence-corrected chi connectivity index (χ1v) is 13.2. The van der Waals surface area contributed by atoms with Gasteiger partial charge in [-0.3, -0.25) is 23.7 Å². The molecule has 1 unspecified atom stereocenters. The van der Waals surface area contributed by atoms with E-state index in [1.807, 2.05) is 0 Å². The fraction of sp³-hybridized carbons (Fsp3) is 0.500. The zero-order chi connectivity index (χ0) is 29.1. The number of para-hydroxylation sites is 1. The van der Waals surface area contributed by atoms with Crippen LogP contribution in [0.4, 0.5) is 0 Å². The molecule has 6 atom stereocenters. The highest BCUT2D eigenvalue weighted by molar-refractivity contribution is 7.54. The number of hydrogen-bond acceptors (Lipinski definition) is 9. The van der Waals surface area contributed by atoms with Crippen LogP contribution in [0.1, 0.15) is 35.3 Å². The summed E-state index contributed by atoms with van der Waals surface area (Å²) in [4.78, 5) is 41.9. The van der Waals surface area contributed by atoms with Gasteiger partial charge in [-0.2, -0.15) is 0 Å². The van der Waals surface area contributed by atoms with Crippen molar-refractivity contribution >= 4 is 13.6 Å². The van der Waals surface area contributed by atoms with E-state index in [2.05, 4.69) is 9.83 Å². The molecule has 1 saturated heterocycles. The summed E-state index contributed by atoms with van der Waals surface area (Å²) in [7, 11) is -4.50. The highest BCUT2D eigenvalue weighted by Crippen LogP contribution is 2.50. The van der Waals surface area contributed by atoms with Gasteiger partial charge in [0, 0.05) is 11.8 Å². The third kappa shape index (κ3) is 6.96. The average Bonchev–Trinajstić information content (AvgIpc) is 3.17. The molecular formula is C24H30N3O9P. The molecular weight excluding hydrogens is 505 g/mol. The molecule has 13 heteroatoms. The van der Waals surface area contributed by atoms with Crippen LogP contribution in [0.15, 0.2) is 46.1 Å². The number of H-pyrrole nitrogens is 1. The average molecular weight is 538 g/mol. The van der Waals surface area contributed by atoms with E-state index in [9.17, 15) is 24.1 Å². The Kier molecular flexibility index (Phi) is 8.16. The lowest BCUT2D eigenvalue weighted by atomic mass is 10.1. The van der Waals surface area contributed by atoms with E-state index < -0.39 is 74.0 Å². The van der Waals surface area contributed by atoms with Gasteiger partial charge in [-0.05, 0) is 32.9 Å². The molecule has 0 saturated carbocycles. The van der Waals surface area contributed by atoms with Crippen molar-refractivity contribution in [3.63, 3.8) is 0 Å². The van der Waals surface area contributed by atoms with Crippen LogP contribution >= 0.6 is 7.60 Å². The minimum atomic E-state index is -4.50. The number of aromatic amines is 1. The number of nitrogens with one attached hydrogen (secondary N) is 1. The standard InChI is InChI=1S/C24H30N3O9P/c1-14(2)34-23(30)16(4)13-37(32,36-17-9-7-6-8-10-17)33-12-18-20(28)19(25-5)22(35-18)27-11-15(3)21(29)26-24(27)31/h6-11,14,16,18-20,22,28H,12-13H2,1-4H3,(H,26,29,31)/t16-,18+,19-,20?,22+,37+/m1/s1/i12D2. The molecule has 1 fully saturated rings. The number of ether oxygens (including phenoxy) is 2. The number of aryl methyl sites for hydroxylation is 1. The zero-order valence-electron chi connectivity index (χ0n) is 22.7. The van der Waals surface area contributed by atoms with Crippen molar-refractivity contribution in [3.05, 3.63) is 74.3 Å². The number of carbonyl (C=O) groups is 1. The minimum Gasteiger partial charge on any atom is -0.463 e. The van der Waals surface area contributed by atoms with Gasteiger partial charge in [-0.15, -0.1) is 0 Å². The van der Waals surface area contributed by atoms with E-state index in [0.717, 1.165) is 10.8 Å². The number of nitrogens with zero attached hydrogens (tertiary/aromatic N) is 2. The quantitative estimate of drug-likeness (QED) is 0.264. The lowest BCUT2D eigenvalue weighted by Gasteiger charge is -2.24. The third-order valence-corrected chi connectivity index (χ3v) is 7.22. The Labute approximate surface area is 216 Å². The first-order valence-electron chi connectivity index (χ1n) is 12.4. The van der Waals surface area contributed by atoms with Gasteiger partial charge in [0.25, 0.3) is 11.6 Å². The summed E-state index contributed by atoms with van der Waals surface area (Å²) in [6.07, 6.45) is -5.16. The lowest BCUT2D eigenvalue weighted by molar-refractivity contribution is -0.151. The highest BCUT2D eigenvalue weighted by atomic mass is 31.2. The van der Waals surface area contributed by atoms with Gasteiger partial charge < -0.3 is 23.9 Å². The van der Waals surface area contributed by atoms with E-state index >= 15 is 0 Å². The summed E-state index contributed by atoms with van der Waals surface area (Å²) in [5.41, 5.74) is -1.48. The number of carbonyl (C=O) groups excluding carboxylic acids is 1. The molecule has 0 amide bonds. The monoisotopic (exact) mass is 537 g/mol. The highest BCUT2D eigenvalue weighted by Gasteiger charge is 2.51. The number of aliphatic hydroxyl groups is 1. The Morgan fingerprint density at radius 1 is 1.32 bits per heavy atom. The first-order chi connectivity index (χ1) is 18.2. The van der Waals surface area contributed by atoms with Crippen LogP contribution in [0.3, 0.4) is 0 Å². The van der Waals surface area contributed by atoms with Gasteiger partial charge in [-0.25, -0.2) is 15.9 Å². The number of aliphatic hydroxyl groups excluding tert-OH is 1. The third-order valence-electron chi connectivity index (χ3n) is 5.35. The number of esters is 1. The van der Waals surface area contributed by atoms with Crippen molar-refractivity contribution in [1.82, 2.24) is 9.55 Å². The predicted molar refractivity (Wildman–Crippen MR) is 132 cm³/mol. The Balaban J connectivity index is 1.94. The van der Waals surface area contributed by atoms with Crippen LogP contribution in [0.2, 0.25) is 0 Å². The van der Waals surface area contributed by atoms with Gasteiger partial charge in [0.2, 0.25) is 6.23 Å². The number of aromatic nitrogens is 2. The van der Waals surface area contributed by atoms with Crippen molar-refractivity contribution < 1.29 is 35.7 Å². The molecule has 1 aliphatic heterocycles. The zero-order valence-corrected chi connectivity index (χ0v) is 21.6. The van der Waals surface area contributed by atoms with Crippen LogP contribution in [-0.2, 0) is 23.4 Å². The molecule has 3 rings (SSSR count). The van der Waals surface area contributed by atoms with Gasteiger partial charge in [0.05, 0.1) is 27.5 Å². The van der Waals surface area contributed by atoms with E-state index in [1.54, 1.807) is 32.0 Å². The second-order valence-electron chi connectivity index (χ2n) is 8.83. The van der Waals surface area contributed by atoms with Crippen molar-refractivity contribution in [3.8, 4) is 5.75 Å². The van der Waals surface area contributed by atoms with Crippen molar-refractivity contribution in [2.75, 3.05) is 12.7 Å². The van der Waals surface area contributed by atoms with E-state index in [1.165, 1.54) is 26.0 Å². The van der Waals surface area contributed by atoms with Gasteiger partial charge >= 0.3 is 19.3 Å². The van der Waals surface area contributed by atoms with Crippen LogP contribution in [0.5, 0.6) is 5.75 Å². The molecule has 200 valence electrons. The fourth-order valence-electron chi connectivity index (χ4n) is 3.53. The summed E-state index contributed by atoms with van der Waals surface area (Å²) in [5.74, 6) is -1.66. The molecule has 12 nitrogen and oxygen atoms in total. The predicted octanol–water partition coefficient (Wildman–Crippen LogP) is 2.27. The maximum absolute atomic E-state index is 13.9. The van der Waals surface area contributed by atoms with Crippen molar-refractivity contribution in [1.29, 1.82) is 0 Å². The van der Waals surface area contributed by atoms with E-state index in [4.69, 9.17) is 27.8 Å². The largest absolute Gasteiger partial charge is 0.463 e. The molecule has 2 heterocycles. The van der Waals surface area contributed by atoms with Crippen LogP contribution in [0.25, 0.3) is 4.85 Å². The summed E-state index contributed by atoms with van der Waals surface area (Å²) in [6.45, 7) is 10.6. The number of benzene rings is 1. The second-order valence-corrected chi connectivity index (χ2v) is 10.8. The Hall–Kier alpha value is -3.23. The van der Waals surface area contributed by atoms with Crippen molar-refractivity contribution in [2.45, 2.75) is 58.3 Å². The van der Waals surface area contributed by atoms with Crippen LogP contribution in [-0.4, -0.2) is 57.7 Å². The molecule has 0 radical (unpaired) electrons. The van der Waals surface area contributed by atoms with Crippen LogP contribution in [0, 0.1) is 19.4 Å². The SMILES string of the molecule is [2H]C([2H])(O[P@@](=O)(C[C@@H](C)C(=O)OC(C)C)Oc1ccccc1)[C@@H]1O[C@H](n2cc(C)c(=O)[nH]c2=O)[C@H]([N+]#[C-])C1O. The first kappa shape index (κ1) is 25.4. The van der Waals surface area contributed by atoms with E-state index in [0.29, 0.717) is 0 Å². The molecule has 1 aliphatic rings. The molecule has 1 aromatic heterocycles. The molecule has 0 aliphatic carbocycles. The minimum absolute atomic E-state index is 0.0705. The number of rotatable bonds is 10. The summed E-state index contributed by atoms with van der Waals surface area (Å²) in [5, 5.41) is 10.8. The smallest absolute Gasteiger partial charge is 0.380 e. The maximum atomic E-state index is 13.9. The molecule has 0 spiro atoms. The molecule has 0 bridgehead atoms. The number of hydrogen-bond donors (Lipinski definition) is 2. The Bertz CT molecular complexity index is 1390. The normalized spacial score (nSPS) is 24.9. The van der Waals surface area contributed by atoms with Gasteiger partial charge in [-0.1, -0.05) is 25.1 Å². The Morgan fingerprint density at radius 3 is 2.62 bits per heavy atom. The summed E-state index contributed by atoms with van der Waals surface area (Å²) >= 11 is 0. The summed E-state index contributed by atoms with van der Waals surface area (Å²) < 4.78 is 53.6. The summed E-state index contributed by atoms with van der Waals surface area (Å²) in [6, 6.07) is 6.28. The molecule has 1 aromatic carbocycles. The lowest BCUT2D eigenvalue weighted by Crippen LogP contribution is -2.37. The van der Waals surface area contributed by atoms with Crippen LogP contribution < -0.4 is 15.8 Å². The van der Waals surface area contributed by atoms with E-state index in [-0.39, 0.29) is 11.3 Å². The molecule has 37 heavy (non-hydrogen) atoms.